The average Bonchev–Trinajstić information content (AvgIpc) is 3.10. The van der Waals surface area contributed by atoms with Crippen LogP contribution in [-0.4, -0.2) is 40.1 Å². The smallest absolute Gasteiger partial charge is 0.305 e. The van der Waals surface area contributed by atoms with Gasteiger partial charge in [-0.25, -0.2) is 5.06 Å². The van der Waals surface area contributed by atoms with E-state index < -0.39 is 17.7 Å². The van der Waals surface area contributed by atoms with Crippen LogP contribution in [0.1, 0.15) is 43.2 Å². The van der Waals surface area contributed by atoms with E-state index in [0.29, 0.717) is 16.9 Å². The van der Waals surface area contributed by atoms with Crippen LogP contribution in [0.2, 0.25) is 0 Å². The predicted molar refractivity (Wildman–Crippen MR) is 95.7 cm³/mol. The molecular formula is C18H23N3O6. The molecule has 27 heavy (non-hydrogen) atoms. The van der Waals surface area contributed by atoms with Crippen LogP contribution in [0.3, 0.4) is 0 Å². The Kier molecular flexibility index (Phi) is 7.18. The van der Waals surface area contributed by atoms with E-state index in [1.165, 1.54) is 12.1 Å². The van der Waals surface area contributed by atoms with Gasteiger partial charge in [-0.05, 0) is 18.6 Å². The first-order valence-electron chi connectivity index (χ1n) is 8.68. The summed E-state index contributed by atoms with van der Waals surface area (Å²) in [6.45, 7) is 1.84. The Hall–Kier alpha value is -3.07. The third-order valence-electron chi connectivity index (χ3n) is 4.10. The number of aromatic hydroxyl groups is 1. The zero-order valence-corrected chi connectivity index (χ0v) is 15.0. The van der Waals surface area contributed by atoms with Crippen LogP contribution in [0, 0.1) is 5.92 Å². The molecule has 0 unspecified atom stereocenters. The molecule has 2 rings (SSSR count). The Morgan fingerprint density at radius 3 is 2.74 bits per heavy atom. The second-order valence-electron chi connectivity index (χ2n) is 6.17. The third-order valence-corrected chi connectivity index (χ3v) is 4.10. The van der Waals surface area contributed by atoms with Crippen LogP contribution in [0.5, 0.6) is 5.75 Å². The fourth-order valence-corrected chi connectivity index (χ4v) is 2.66. The number of fused-ring (bicyclic) bond motifs is 1. The fourth-order valence-electron chi connectivity index (χ4n) is 2.66. The summed E-state index contributed by atoms with van der Waals surface area (Å²) < 4.78 is 5.31. The number of nitrogens with zero attached hydrogens (tertiary/aromatic N) is 1. The van der Waals surface area contributed by atoms with Gasteiger partial charge in [0.1, 0.15) is 0 Å². The molecule has 2 aromatic rings. The van der Waals surface area contributed by atoms with Gasteiger partial charge in [0, 0.05) is 5.39 Å². The standard InChI is InChI=1S/C18H23N3O6/c1-2-3-4-6-13(10-21(26)11-22)17(24)19-20-18(25)15-9-12-7-5-8-14(23)16(12)27-15/h5,7-9,11,13,23,26H,2-4,6,10H2,1H3,(H,19,24)(H,20,25)/t13-/m1/s1. The first-order chi connectivity index (χ1) is 13.0. The maximum absolute atomic E-state index is 12.3. The fraction of sp³-hybridized carbons (Fsp3) is 0.389. The highest BCUT2D eigenvalue weighted by molar-refractivity contribution is 5.98. The van der Waals surface area contributed by atoms with Gasteiger partial charge in [0.05, 0.1) is 12.5 Å². The van der Waals surface area contributed by atoms with E-state index in [1.54, 1.807) is 12.1 Å². The second-order valence-corrected chi connectivity index (χ2v) is 6.17. The van der Waals surface area contributed by atoms with Gasteiger partial charge in [0.2, 0.25) is 12.3 Å². The molecule has 1 atom stereocenters. The molecule has 0 aliphatic heterocycles. The molecule has 0 radical (unpaired) electrons. The van der Waals surface area contributed by atoms with E-state index in [-0.39, 0.29) is 30.0 Å². The molecular weight excluding hydrogens is 354 g/mol. The van der Waals surface area contributed by atoms with Crippen molar-refractivity contribution in [3.8, 4) is 5.75 Å². The van der Waals surface area contributed by atoms with Crippen molar-refractivity contribution in [2.45, 2.75) is 32.6 Å². The molecule has 1 aromatic carbocycles. The minimum atomic E-state index is -0.692. The maximum atomic E-state index is 12.3. The predicted octanol–water partition coefficient (Wildman–Crippen LogP) is 1.94. The summed E-state index contributed by atoms with van der Waals surface area (Å²) in [4.78, 5) is 35.1. The van der Waals surface area contributed by atoms with Gasteiger partial charge in [-0.1, -0.05) is 38.3 Å². The first-order valence-corrected chi connectivity index (χ1v) is 8.68. The molecule has 9 heteroatoms. The highest BCUT2D eigenvalue weighted by Crippen LogP contribution is 2.27. The number of carbonyl (C=O) groups is 3. The number of hydrogen-bond donors (Lipinski definition) is 4. The molecule has 1 heterocycles. The molecule has 0 fully saturated rings. The number of para-hydroxylation sites is 1. The van der Waals surface area contributed by atoms with Gasteiger partial charge < -0.3 is 9.52 Å². The Morgan fingerprint density at radius 1 is 1.30 bits per heavy atom. The zero-order valence-electron chi connectivity index (χ0n) is 15.0. The Morgan fingerprint density at radius 2 is 2.07 bits per heavy atom. The van der Waals surface area contributed by atoms with Crippen molar-refractivity contribution in [3.05, 3.63) is 30.0 Å². The summed E-state index contributed by atoms with van der Waals surface area (Å²) in [5, 5.41) is 20.0. The number of amides is 3. The summed E-state index contributed by atoms with van der Waals surface area (Å²) in [6, 6.07) is 6.17. The lowest BCUT2D eigenvalue weighted by Crippen LogP contribution is -2.46. The number of benzene rings is 1. The molecule has 0 bridgehead atoms. The highest BCUT2D eigenvalue weighted by atomic mass is 16.5. The summed E-state index contributed by atoms with van der Waals surface area (Å²) >= 11 is 0. The normalized spacial score (nSPS) is 11.8. The van der Waals surface area contributed by atoms with Crippen molar-refractivity contribution < 1.29 is 29.1 Å². The lowest BCUT2D eigenvalue weighted by molar-refractivity contribution is -0.154. The Bertz CT molecular complexity index is 803. The topological polar surface area (TPSA) is 132 Å². The van der Waals surface area contributed by atoms with E-state index in [0.717, 1.165) is 19.3 Å². The Labute approximate surface area is 155 Å². The van der Waals surface area contributed by atoms with Crippen molar-refractivity contribution in [3.63, 3.8) is 0 Å². The van der Waals surface area contributed by atoms with Gasteiger partial charge in [-0.15, -0.1) is 0 Å². The van der Waals surface area contributed by atoms with Gasteiger partial charge >= 0.3 is 5.91 Å². The third kappa shape index (κ3) is 5.45. The lowest BCUT2D eigenvalue weighted by Gasteiger charge is -2.19. The number of nitrogens with one attached hydrogen (secondary N) is 2. The number of phenols is 1. The molecule has 9 nitrogen and oxygen atoms in total. The summed E-state index contributed by atoms with van der Waals surface area (Å²) in [5.41, 5.74) is 4.69. The van der Waals surface area contributed by atoms with Crippen LogP contribution in [0.4, 0.5) is 0 Å². The van der Waals surface area contributed by atoms with Gasteiger partial charge in [0.25, 0.3) is 0 Å². The van der Waals surface area contributed by atoms with E-state index >= 15 is 0 Å². The molecule has 0 saturated heterocycles. The zero-order chi connectivity index (χ0) is 19.8. The number of unbranched alkanes of at least 4 members (excludes halogenated alkanes) is 2. The first kappa shape index (κ1) is 20.2. The maximum Gasteiger partial charge on any atom is 0.305 e. The highest BCUT2D eigenvalue weighted by Gasteiger charge is 2.22. The van der Waals surface area contributed by atoms with E-state index in [4.69, 9.17) is 4.42 Å². The number of phenolic OH excluding ortho intramolecular Hbond substituents is 1. The average molecular weight is 377 g/mol. The summed E-state index contributed by atoms with van der Waals surface area (Å²) in [7, 11) is 0. The minimum Gasteiger partial charge on any atom is -0.504 e. The van der Waals surface area contributed by atoms with Crippen LogP contribution in [0.15, 0.2) is 28.7 Å². The van der Waals surface area contributed by atoms with E-state index in [1.807, 2.05) is 6.92 Å². The van der Waals surface area contributed by atoms with Crippen LogP contribution in [0.25, 0.3) is 11.0 Å². The van der Waals surface area contributed by atoms with Gasteiger partial charge in [-0.3, -0.25) is 30.4 Å². The molecule has 0 aliphatic rings. The van der Waals surface area contributed by atoms with Crippen LogP contribution < -0.4 is 10.9 Å². The molecule has 0 saturated carbocycles. The van der Waals surface area contributed by atoms with Crippen molar-refractivity contribution >= 4 is 29.2 Å². The van der Waals surface area contributed by atoms with E-state index in [2.05, 4.69) is 10.9 Å². The van der Waals surface area contributed by atoms with Crippen molar-refractivity contribution in [2.24, 2.45) is 5.92 Å². The van der Waals surface area contributed by atoms with Gasteiger partial charge in [-0.2, -0.15) is 0 Å². The van der Waals surface area contributed by atoms with Gasteiger partial charge in [0.15, 0.2) is 17.1 Å². The molecule has 146 valence electrons. The van der Waals surface area contributed by atoms with Crippen molar-refractivity contribution in [2.75, 3.05) is 6.54 Å². The van der Waals surface area contributed by atoms with Crippen LogP contribution >= 0.6 is 0 Å². The van der Waals surface area contributed by atoms with Crippen LogP contribution in [-0.2, 0) is 9.59 Å². The number of furan rings is 1. The number of hydroxylamine groups is 2. The Balaban J connectivity index is 1.98. The second kappa shape index (κ2) is 9.58. The van der Waals surface area contributed by atoms with Crippen molar-refractivity contribution in [1.29, 1.82) is 0 Å². The lowest BCUT2D eigenvalue weighted by atomic mass is 10.0. The number of hydrogen-bond acceptors (Lipinski definition) is 6. The minimum absolute atomic E-state index is 0.0778. The monoisotopic (exact) mass is 377 g/mol. The largest absolute Gasteiger partial charge is 0.504 e. The SMILES string of the molecule is CCCCC[C@H](CN(O)C=O)C(=O)NNC(=O)c1cc2cccc(O)c2o1. The summed E-state index contributed by atoms with van der Waals surface area (Å²) in [6.07, 6.45) is 3.29. The number of carbonyl (C=O) groups excluding carboxylic acids is 3. The molecule has 0 aliphatic carbocycles. The number of hydrazine groups is 1. The van der Waals surface area contributed by atoms with E-state index in [9.17, 15) is 24.7 Å². The molecule has 0 spiro atoms. The number of rotatable bonds is 9. The quantitative estimate of drug-likeness (QED) is 0.228. The molecule has 4 N–H and O–H groups in total. The molecule has 3 amide bonds. The summed E-state index contributed by atoms with van der Waals surface area (Å²) in [5.74, 6) is -2.07. The van der Waals surface area contributed by atoms with Crippen molar-refractivity contribution in [1.82, 2.24) is 15.9 Å². The molecule has 1 aromatic heterocycles.